The van der Waals surface area contributed by atoms with Crippen molar-refractivity contribution < 1.29 is 14.8 Å². The molecule has 0 saturated carbocycles. The smallest absolute Gasteiger partial charge is 0.269 e. The number of aliphatic hydroxyl groups is 1. The maximum absolute atomic E-state index is 11.9. The van der Waals surface area contributed by atoms with Gasteiger partial charge in [0.15, 0.2) is 0 Å². The first-order valence-electron chi connectivity index (χ1n) is 6.31. The average Bonchev–Trinajstić information content (AvgIpc) is 2.47. The molecule has 2 rings (SSSR count). The van der Waals surface area contributed by atoms with Crippen LogP contribution >= 0.6 is 0 Å². The van der Waals surface area contributed by atoms with E-state index in [-0.39, 0.29) is 24.6 Å². The number of aliphatic hydroxyl groups excluding tert-OH is 1. The molecule has 0 unspecified atom stereocenters. The SMILES string of the molecule is O=C(Cc1cccc([N+](=O)[O-])c1)Nc1cccc(CO)c1. The number of nitro benzene ring substituents is 1. The molecule has 0 aliphatic heterocycles. The normalized spacial score (nSPS) is 10.1. The zero-order chi connectivity index (χ0) is 15.2. The van der Waals surface area contributed by atoms with Crippen LogP contribution < -0.4 is 5.32 Å². The molecular weight excluding hydrogens is 272 g/mol. The third-order valence-corrected chi connectivity index (χ3v) is 2.88. The zero-order valence-corrected chi connectivity index (χ0v) is 11.2. The second-order valence-corrected chi connectivity index (χ2v) is 4.51. The topological polar surface area (TPSA) is 92.5 Å². The molecule has 0 atom stereocenters. The van der Waals surface area contributed by atoms with Crippen LogP contribution in [0, 0.1) is 10.1 Å². The number of amides is 1. The highest BCUT2D eigenvalue weighted by Gasteiger charge is 2.09. The summed E-state index contributed by atoms with van der Waals surface area (Å²) in [6.07, 6.45) is 0.0467. The van der Waals surface area contributed by atoms with Crippen molar-refractivity contribution in [3.63, 3.8) is 0 Å². The van der Waals surface area contributed by atoms with Crippen LogP contribution in [0.5, 0.6) is 0 Å². The fourth-order valence-corrected chi connectivity index (χ4v) is 1.92. The summed E-state index contributed by atoms with van der Waals surface area (Å²) in [5.41, 5.74) is 1.81. The van der Waals surface area contributed by atoms with Gasteiger partial charge in [0.05, 0.1) is 18.0 Å². The number of non-ortho nitro benzene ring substituents is 1. The Morgan fingerprint density at radius 1 is 1.14 bits per heavy atom. The second-order valence-electron chi connectivity index (χ2n) is 4.51. The number of carbonyl (C=O) groups excluding carboxylic acids is 1. The highest BCUT2D eigenvalue weighted by molar-refractivity contribution is 5.92. The largest absolute Gasteiger partial charge is 0.392 e. The summed E-state index contributed by atoms with van der Waals surface area (Å²) in [7, 11) is 0. The van der Waals surface area contributed by atoms with Crippen molar-refractivity contribution in [3.05, 3.63) is 69.8 Å². The molecule has 0 fully saturated rings. The number of rotatable bonds is 5. The van der Waals surface area contributed by atoms with E-state index < -0.39 is 4.92 Å². The molecule has 6 heteroatoms. The van der Waals surface area contributed by atoms with E-state index in [0.717, 1.165) is 0 Å². The Bertz CT molecular complexity index is 670. The molecular formula is C15H14N2O4. The van der Waals surface area contributed by atoms with Crippen molar-refractivity contribution in [1.29, 1.82) is 0 Å². The molecule has 0 bridgehead atoms. The van der Waals surface area contributed by atoms with Gasteiger partial charge < -0.3 is 10.4 Å². The number of nitrogens with one attached hydrogen (secondary N) is 1. The third kappa shape index (κ3) is 4.12. The maximum Gasteiger partial charge on any atom is 0.269 e. The third-order valence-electron chi connectivity index (χ3n) is 2.88. The number of hydrogen-bond acceptors (Lipinski definition) is 4. The van der Waals surface area contributed by atoms with E-state index in [9.17, 15) is 14.9 Å². The van der Waals surface area contributed by atoms with Crippen LogP contribution in [0.25, 0.3) is 0 Å². The average molecular weight is 286 g/mol. The monoisotopic (exact) mass is 286 g/mol. The van der Waals surface area contributed by atoms with Crippen molar-refractivity contribution in [2.45, 2.75) is 13.0 Å². The summed E-state index contributed by atoms with van der Waals surface area (Å²) < 4.78 is 0. The number of carbonyl (C=O) groups is 1. The Morgan fingerprint density at radius 3 is 2.57 bits per heavy atom. The Hall–Kier alpha value is -2.73. The lowest BCUT2D eigenvalue weighted by atomic mass is 10.1. The van der Waals surface area contributed by atoms with Gasteiger partial charge in [-0.3, -0.25) is 14.9 Å². The Labute approximate surface area is 121 Å². The van der Waals surface area contributed by atoms with Gasteiger partial charge in [-0.05, 0) is 23.3 Å². The second kappa shape index (κ2) is 6.62. The summed E-state index contributed by atoms with van der Waals surface area (Å²) in [6.45, 7) is -0.103. The van der Waals surface area contributed by atoms with Crippen LogP contribution in [0.4, 0.5) is 11.4 Å². The van der Waals surface area contributed by atoms with Crippen molar-refractivity contribution >= 4 is 17.3 Å². The predicted molar refractivity (Wildman–Crippen MR) is 77.8 cm³/mol. The van der Waals surface area contributed by atoms with Gasteiger partial charge in [-0.25, -0.2) is 0 Å². The summed E-state index contributed by atoms with van der Waals surface area (Å²) in [4.78, 5) is 22.1. The molecule has 2 aromatic carbocycles. The van der Waals surface area contributed by atoms with E-state index in [1.165, 1.54) is 12.1 Å². The molecule has 2 N–H and O–H groups in total. The van der Waals surface area contributed by atoms with Crippen molar-refractivity contribution in [3.8, 4) is 0 Å². The quantitative estimate of drug-likeness (QED) is 0.651. The van der Waals surface area contributed by atoms with Gasteiger partial charge in [0.25, 0.3) is 5.69 Å². The van der Waals surface area contributed by atoms with Crippen LogP contribution in [0.3, 0.4) is 0 Å². The number of nitro groups is 1. The fourth-order valence-electron chi connectivity index (χ4n) is 1.92. The minimum atomic E-state index is -0.494. The highest BCUT2D eigenvalue weighted by atomic mass is 16.6. The van der Waals surface area contributed by atoms with Gasteiger partial charge in [-0.1, -0.05) is 24.3 Å². The fraction of sp³-hybridized carbons (Fsp3) is 0.133. The van der Waals surface area contributed by atoms with Crippen molar-refractivity contribution in [2.75, 3.05) is 5.32 Å². The summed E-state index contributed by atoms with van der Waals surface area (Å²) >= 11 is 0. The highest BCUT2D eigenvalue weighted by Crippen LogP contribution is 2.15. The molecule has 6 nitrogen and oxygen atoms in total. The van der Waals surface area contributed by atoms with Crippen LogP contribution in [-0.4, -0.2) is 15.9 Å². The first-order chi connectivity index (χ1) is 10.1. The van der Waals surface area contributed by atoms with Crippen LogP contribution in [-0.2, 0) is 17.8 Å². The summed E-state index contributed by atoms with van der Waals surface area (Å²) in [5.74, 6) is -0.273. The lowest BCUT2D eigenvalue weighted by Crippen LogP contribution is -2.14. The molecule has 0 aliphatic rings. The minimum Gasteiger partial charge on any atom is -0.392 e. The molecule has 0 spiro atoms. The predicted octanol–water partition coefficient (Wildman–Crippen LogP) is 2.27. The van der Waals surface area contributed by atoms with Crippen molar-refractivity contribution in [1.82, 2.24) is 0 Å². The van der Waals surface area contributed by atoms with Gasteiger partial charge in [0, 0.05) is 17.8 Å². The van der Waals surface area contributed by atoms with Crippen LogP contribution in [0.15, 0.2) is 48.5 Å². The Morgan fingerprint density at radius 2 is 1.86 bits per heavy atom. The van der Waals surface area contributed by atoms with Gasteiger partial charge in [-0.2, -0.15) is 0 Å². The van der Waals surface area contributed by atoms with Gasteiger partial charge >= 0.3 is 0 Å². The van der Waals surface area contributed by atoms with E-state index in [0.29, 0.717) is 16.8 Å². The summed E-state index contributed by atoms with van der Waals surface area (Å²) in [5, 5.41) is 22.4. The number of nitrogens with zero attached hydrogens (tertiary/aromatic N) is 1. The molecule has 0 heterocycles. The van der Waals surface area contributed by atoms with E-state index >= 15 is 0 Å². The minimum absolute atomic E-state index is 0.0393. The van der Waals surface area contributed by atoms with Crippen molar-refractivity contribution in [2.24, 2.45) is 0 Å². The van der Waals surface area contributed by atoms with Gasteiger partial charge in [0.1, 0.15) is 0 Å². The molecule has 0 saturated heterocycles. The Balaban J connectivity index is 2.04. The lowest BCUT2D eigenvalue weighted by molar-refractivity contribution is -0.384. The van der Waals surface area contributed by atoms with E-state index in [4.69, 9.17) is 5.11 Å². The summed E-state index contributed by atoms with van der Waals surface area (Å²) in [6, 6.07) is 12.8. The standard InChI is InChI=1S/C15H14N2O4/c18-10-12-4-1-5-13(7-12)16-15(19)9-11-3-2-6-14(8-11)17(20)21/h1-8,18H,9-10H2,(H,16,19). The zero-order valence-electron chi connectivity index (χ0n) is 11.2. The number of benzene rings is 2. The van der Waals surface area contributed by atoms with E-state index in [2.05, 4.69) is 5.32 Å². The van der Waals surface area contributed by atoms with Crippen LogP contribution in [0.1, 0.15) is 11.1 Å². The molecule has 0 aromatic heterocycles. The number of hydrogen-bond donors (Lipinski definition) is 2. The maximum atomic E-state index is 11.9. The van der Waals surface area contributed by atoms with E-state index in [1.54, 1.807) is 36.4 Å². The molecule has 108 valence electrons. The Kier molecular flexibility index (Phi) is 4.63. The van der Waals surface area contributed by atoms with Crippen LogP contribution in [0.2, 0.25) is 0 Å². The van der Waals surface area contributed by atoms with Gasteiger partial charge in [-0.15, -0.1) is 0 Å². The molecule has 21 heavy (non-hydrogen) atoms. The molecule has 0 aliphatic carbocycles. The van der Waals surface area contributed by atoms with Gasteiger partial charge in [0.2, 0.25) is 5.91 Å². The molecule has 1 amide bonds. The first-order valence-corrected chi connectivity index (χ1v) is 6.31. The number of anilines is 1. The molecule has 0 radical (unpaired) electrons. The lowest BCUT2D eigenvalue weighted by Gasteiger charge is -2.06. The molecule has 2 aromatic rings. The first kappa shape index (κ1) is 14.7. The van der Waals surface area contributed by atoms with E-state index in [1.807, 2.05) is 0 Å².